The minimum absolute atomic E-state index is 0.0725. The van der Waals surface area contributed by atoms with E-state index < -0.39 is 38.8 Å². The number of hydrogen-bond acceptors (Lipinski definition) is 7. The number of halogens is 1. The van der Waals surface area contributed by atoms with Crippen LogP contribution < -0.4 is 4.72 Å². The Morgan fingerprint density at radius 1 is 1.30 bits per heavy atom. The van der Waals surface area contributed by atoms with Crippen molar-refractivity contribution in [2.75, 3.05) is 4.72 Å². The summed E-state index contributed by atoms with van der Waals surface area (Å²) < 4.78 is 47.8. The second-order valence-electron chi connectivity index (χ2n) is 5.91. The summed E-state index contributed by atoms with van der Waals surface area (Å²) in [6, 6.07) is 5.18. The molecule has 0 aliphatic heterocycles. The number of rotatable bonds is 5. The molecule has 3 rings (SSSR count). The molecule has 0 aliphatic rings. The molecule has 0 amide bonds. The average Bonchev–Trinajstić information content (AvgIpc) is 3.02. The number of hydrogen-bond donors (Lipinski definition) is 1. The van der Waals surface area contributed by atoms with Crippen molar-refractivity contribution in [2.45, 2.75) is 32.0 Å². The molecule has 142 valence electrons. The van der Waals surface area contributed by atoms with Crippen molar-refractivity contribution in [3.05, 3.63) is 47.5 Å². The first-order valence-corrected chi connectivity index (χ1v) is 9.38. The fraction of sp³-hybridized carbons (Fsp3) is 0.250. The van der Waals surface area contributed by atoms with E-state index in [1.165, 1.54) is 22.8 Å². The molecule has 0 saturated carbocycles. The maximum Gasteiger partial charge on any atom is 0.340 e. The molecule has 0 fully saturated rings. The van der Waals surface area contributed by atoms with Gasteiger partial charge in [-0.15, -0.1) is 5.10 Å². The Hall–Kier alpha value is -3.08. The first-order valence-electron chi connectivity index (χ1n) is 7.90. The van der Waals surface area contributed by atoms with Gasteiger partial charge in [-0.3, -0.25) is 4.72 Å². The van der Waals surface area contributed by atoms with Crippen LogP contribution in [0.4, 0.5) is 10.1 Å². The van der Waals surface area contributed by atoms with Crippen LogP contribution in [0.15, 0.2) is 35.6 Å². The highest BCUT2D eigenvalue weighted by molar-refractivity contribution is 7.92. The van der Waals surface area contributed by atoms with E-state index in [1.54, 1.807) is 26.8 Å². The molecule has 0 atom stereocenters. The molecule has 1 N–H and O–H groups in total. The van der Waals surface area contributed by atoms with Gasteiger partial charge in [-0.1, -0.05) is 6.07 Å². The molecular formula is C16H16FN5O4S. The summed E-state index contributed by atoms with van der Waals surface area (Å²) in [4.78, 5) is 19.9. The molecule has 9 nitrogen and oxygen atoms in total. The highest BCUT2D eigenvalue weighted by Gasteiger charge is 2.26. The van der Waals surface area contributed by atoms with Crippen LogP contribution in [0, 0.1) is 12.7 Å². The number of aromatic nitrogens is 4. The summed E-state index contributed by atoms with van der Waals surface area (Å²) in [5.74, 6) is -1.72. The Morgan fingerprint density at radius 3 is 2.70 bits per heavy atom. The second kappa shape index (κ2) is 6.91. The number of benzene rings is 1. The maximum atomic E-state index is 14.3. The number of carbonyl (C=O) groups excluding carboxylic acids is 1. The van der Waals surface area contributed by atoms with E-state index in [-0.39, 0.29) is 11.3 Å². The lowest BCUT2D eigenvalue weighted by Gasteiger charge is -2.13. The molecule has 1 aromatic carbocycles. The zero-order valence-corrected chi connectivity index (χ0v) is 15.5. The van der Waals surface area contributed by atoms with Crippen LogP contribution in [-0.4, -0.2) is 40.1 Å². The number of anilines is 1. The molecule has 11 heteroatoms. The van der Waals surface area contributed by atoms with Gasteiger partial charge in [-0.25, -0.2) is 18.7 Å². The highest BCUT2D eigenvalue weighted by atomic mass is 32.2. The van der Waals surface area contributed by atoms with Crippen LogP contribution in [-0.2, 0) is 14.8 Å². The molecular weight excluding hydrogens is 377 g/mol. The van der Waals surface area contributed by atoms with E-state index in [0.29, 0.717) is 5.69 Å². The van der Waals surface area contributed by atoms with Crippen LogP contribution in [0.5, 0.6) is 0 Å². The van der Waals surface area contributed by atoms with Crippen LogP contribution in [0.3, 0.4) is 0 Å². The third-order valence-corrected chi connectivity index (χ3v) is 4.59. The first-order chi connectivity index (χ1) is 12.7. The van der Waals surface area contributed by atoms with Crippen molar-refractivity contribution < 1.29 is 22.3 Å². The third-order valence-electron chi connectivity index (χ3n) is 3.46. The van der Waals surface area contributed by atoms with E-state index in [2.05, 4.69) is 15.1 Å². The average molecular weight is 393 g/mol. The molecule has 0 spiro atoms. The van der Waals surface area contributed by atoms with Gasteiger partial charge in [0.25, 0.3) is 21.0 Å². The second-order valence-corrected chi connectivity index (χ2v) is 7.49. The topological polar surface area (TPSA) is 116 Å². The zero-order chi connectivity index (χ0) is 19.8. The van der Waals surface area contributed by atoms with Crippen LogP contribution in [0.25, 0.3) is 5.78 Å². The van der Waals surface area contributed by atoms with E-state index in [0.717, 1.165) is 6.07 Å². The number of fused-ring (bicyclic) bond motifs is 1. The van der Waals surface area contributed by atoms with E-state index in [1.807, 2.05) is 4.72 Å². The predicted molar refractivity (Wildman–Crippen MR) is 93.3 cm³/mol. The van der Waals surface area contributed by atoms with Gasteiger partial charge in [0.2, 0.25) is 0 Å². The molecule has 0 aliphatic carbocycles. The van der Waals surface area contributed by atoms with Crippen LogP contribution >= 0.6 is 0 Å². The summed E-state index contributed by atoms with van der Waals surface area (Å²) in [6.45, 7) is 4.94. The summed E-state index contributed by atoms with van der Waals surface area (Å²) in [5, 5.41) is 3.29. The number of esters is 1. The number of para-hydroxylation sites is 1. The summed E-state index contributed by atoms with van der Waals surface area (Å²) >= 11 is 0. The number of carbonyl (C=O) groups is 1. The lowest BCUT2D eigenvalue weighted by atomic mass is 10.2. The molecule has 2 aromatic heterocycles. The van der Waals surface area contributed by atoms with Crippen molar-refractivity contribution >= 4 is 27.5 Å². The fourth-order valence-corrected chi connectivity index (χ4v) is 3.22. The van der Waals surface area contributed by atoms with Gasteiger partial charge in [0, 0.05) is 11.9 Å². The summed E-state index contributed by atoms with van der Waals surface area (Å²) in [6.07, 6.45) is 0.999. The first kappa shape index (κ1) is 18.7. The van der Waals surface area contributed by atoms with Gasteiger partial charge >= 0.3 is 5.97 Å². The van der Waals surface area contributed by atoms with Crippen molar-refractivity contribution in [1.82, 2.24) is 19.6 Å². The standard InChI is InChI=1S/C16H16FN5O4S/c1-9(2)26-14(23)11-5-4-6-12(17)13(11)21-27(24,25)16-19-15-18-8-7-10(3)22(15)20-16/h4-9,21H,1-3H3. The van der Waals surface area contributed by atoms with Crippen molar-refractivity contribution in [3.63, 3.8) is 0 Å². The van der Waals surface area contributed by atoms with Gasteiger partial charge in [0.15, 0.2) is 0 Å². The number of nitrogens with one attached hydrogen (secondary N) is 1. The largest absolute Gasteiger partial charge is 0.459 e. The van der Waals surface area contributed by atoms with Gasteiger partial charge in [0.05, 0.1) is 17.4 Å². The minimum atomic E-state index is -4.38. The maximum absolute atomic E-state index is 14.3. The van der Waals surface area contributed by atoms with Gasteiger partial charge in [-0.05, 0) is 39.0 Å². The van der Waals surface area contributed by atoms with Gasteiger partial charge in [-0.2, -0.15) is 13.4 Å². The Bertz CT molecular complexity index is 1130. The minimum Gasteiger partial charge on any atom is -0.459 e. The fourth-order valence-electron chi connectivity index (χ4n) is 2.26. The molecule has 0 bridgehead atoms. The van der Waals surface area contributed by atoms with E-state index >= 15 is 0 Å². The van der Waals surface area contributed by atoms with Crippen molar-refractivity contribution in [3.8, 4) is 0 Å². The van der Waals surface area contributed by atoms with Crippen LogP contribution in [0.1, 0.15) is 29.9 Å². The van der Waals surface area contributed by atoms with Crippen molar-refractivity contribution in [2.24, 2.45) is 0 Å². The predicted octanol–water partition coefficient (Wildman–Crippen LogP) is 1.94. The SMILES string of the molecule is Cc1ccnc2nc(S(=O)(=O)Nc3c(F)cccc3C(=O)OC(C)C)nn12. The smallest absolute Gasteiger partial charge is 0.340 e. The van der Waals surface area contributed by atoms with Crippen molar-refractivity contribution in [1.29, 1.82) is 0 Å². The van der Waals surface area contributed by atoms with Gasteiger partial charge < -0.3 is 4.74 Å². The monoisotopic (exact) mass is 393 g/mol. The molecule has 0 radical (unpaired) electrons. The lowest BCUT2D eigenvalue weighted by Crippen LogP contribution is -2.20. The molecule has 0 saturated heterocycles. The number of sulfonamides is 1. The summed E-state index contributed by atoms with van der Waals surface area (Å²) in [7, 11) is -4.38. The number of aryl methyl sites for hydroxylation is 1. The molecule has 0 unspecified atom stereocenters. The Balaban J connectivity index is 2.03. The normalized spacial score (nSPS) is 11.7. The highest BCUT2D eigenvalue weighted by Crippen LogP contribution is 2.24. The van der Waals surface area contributed by atoms with E-state index in [9.17, 15) is 17.6 Å². The molecule has 27 heavy (non-hydrogen) atoms. The quantitative estimate of drug-likeness (QED) is 0.659. The molecule has 3 aromatic rings. The van der Waals surface area contributed by atoms with E-state index in [4.69, 9.17) is 4.74 Å². The van der Waals surface area contributed by atoms with Gasteiger partial charge in [0.1, 0.15) is 5.82 Å². The Kier molecular flexibility index (Phi) is 4.79. The Morgan fingerprint density at radius 2 is 2.04 bits per heavy atom. The summed E-state index contributed by atoms with van der Waals surface area (Å²) in [5.41, 5.74) is -0.182. The van der Waals surface area contributed by atoms with Crippen LogP contribution in [0.2, 0.25) is 0 Å². The zero-order valence-electron chi connectivity index (χ0n) is 14.7. The molecule has 2 heterocycles. The number of ether oxygens (including phenoxy) is 1. The lowest BCUT2D eigenvalue weighted by molar-refractivity contribution is 0.0378. The number of nitrogens with zero attached hydrogens (tertiary/aromatic N) is 4. The Labute approximate surface area is 154 Å². The third kappa shape index (κ3) is 3.72.